The van der Waals surface area contributed by atoms with E-state index in [9.17, 15) is 9.90 Å². The number of Topliss-reactive ketones (excluding diaryl/α,β-unsaturated/α-hetero) is 1. The van der Waals surface area contributed by atoms with Crippen molar-refractivity contribution in [3.05, 3.63) is 23.3 Å². The maximum atomic E-state index is 11.8. The number of rotatable bonds is 1. The van der Waals surface area contributed by atoms with E-state index in [-0.39, 0.29) is 17.1 Å². The van der Waals surface area contributed by atoms with Gasteiger partial charge in [0, 0.05) is 5.57 Å². The van der Waals surface area contributed by atoms with Gasteiger partial charge in [-0.1, -0.05) is 12.2 Å². The lowest BCUT2D eigenvalue weighted by Crippen LogP contribution is -2.22. The summed E-state index contributed by atoms with van der Waals surface area (Å²) in [5, 5.41) is 9.39. The number of hydrogen-bond donors (Lipinski definition) is 1. The first-order chi connectivity index (χ1) is 6.61. The lowest BCUT2D eigenvalue weighted by atomic mass is 9.98. The molecule has 0 aliphatic heterocycles. The molecule has 0 bridgehead atoms. The molecule has 2 rings (SSSR count). The number of aliphatic hydroxyl groups is 1. The van der Waals surface area contributed by atoms with Crippen LogP contribution in [0.4, 0.5) is 0 Å². The monoisotopic (exact) mass is 212 g/mol. The first-order valence-corrected chi connectivity index (χ1v) is 5.31. The minimum Gasteiger partial charge on any atom is -0.393 e. The van der Waals surface area contributed by atoms with Crippen LogP contribution < -0.4 is 0 Å². The van der Waals surface area contributed by atoms with E-state index in [0.29, 0.717) is 6.42 Å². The van der Waals surface area contributed by atoms with Crippen LogP contribution in [0.1, 0.15) is 19.8 Å². The number of allylic oxidation sites excluding steroid dienone is 4. The van der Waals surface area contributed by atoms with Crippen molar-refractivity contribution in [3.8, 4) is 0 Å². The summed E-state index contributed by atoms with van der Waals surface area (Å²) < 4.78 is 0. The Morgan fingerprint density at radius 1 is 1.64 bits per heavy atom. The molecule has 0 spiro atoms. The third kappa shape index (κ3) is 1.43. The van der Waals surface area contributed by atoms with Crippen LogP contribution in [0.3, 0.4) is 0 Å². The number of halogens is 1. The average molecular weight is 213 g/mol. The molecule has 0 fully saturated rings. The smallest absolute Gasteiger partial charge is 0.168 e. The van der Waals surface area contributed by atoms with Gasteiger partial charge < -0.3 is 5.11 Å². The molecule has 0 saturated heterocycles. The van der Waals surface area contributed by atoms with Crippen LogP contribution in [0.25, 0.3) is 0 Å². The van der Waals surface area contributed by atoms with Crippen molar-refractivity contribution in [1.29, 1.82) is 0 Å². The fourth-order valence-corrected chi connectivity index (χ4v) is 2.43. The fraction of sp³-hybridized carbons (Fsp3) is 0.545. The molecule has 0 amide bonds. The van der Waals surface area contributed by atoms with E-state index in [0.717, 1.165) is 17.6 Å². The summed E-state index contributed by atoms with van der Waals surface area (Å²) in [6, 6.07) is 0. The number of hydrogen-bond acceptors (Lipinski definition) is 2. The second-order valence-electron chi connectivity index (χ2n) is 3.96. The number of carbonyl (C=O) groups is 1. The third-order valence-electron chi connectivity index (χ3n) is 2.98. The van der Waals surface area contributed by atoms with Gasteiger partial charge in [-0.3, -0.25) is 4.79 Å². The third-order valence-corrected chi connectivity index (χ3v) is 3.42. The zero-order valence-electron chi connectivity index (χ0n) is 8.03. The van der Waals surface area contributed by atoms with Gasteiger partial charge >= 0.3 is 0 Å². The van der Waals surface area contributed by atoms with Gasteiger partial charge in [-0.15, -0.1) is 11.6 Å². The van der Waals surface area contributed by atoms with Gasteiger partial charge in [0.05, 0.1) is 17.4 Å². The molecule has 2 aliphatic carbocycles. The highest BCUT2D eigenvalue weighted by molar-refractivity contribution is 6.24. The Hall–Kier alpha value is -0.600. The molecule has 3 heteroatoms. The van der Waals surface area contributed by atoms with Gasteiger partial charge in [-0.05, 0) is 25.3 Å². The first-order valence-electron chi connectivity index (χ1n) is 4.87. The molecule has 0 saturated carbocycles. The summed E-state index contributed by atoms with van der Waals surface area (Å²) >= 11 is 6.11. The number of ketones is 1. The van der Waals surface area contributed by atoms with Crippen molar-refractivity contribution < 1.29 is 9.90 Å². The predicted octanol–water partition coefficient (Wildman–Crippen LogP) is 1.82. The quantitative estimate of drug-likeness (QED) is 0.674. The molecular formula is C11H13ClO2. The minimum atomic E-state index is -0.578. The van der Waals surface area contributed by atoms with Crippen molar-refractivity contribution >= 4 is 17.4 Å². The standard InChI is InChI=1S/C11H13ClO2/c1-6(13)8-5-9-7(11(8)14)3-2-4-10(9)12/h2-3,6,8,10,13H,4-5H2,1H3. The molecule has 2 nitrogen and oxygen atoms in total. The van der Waals surface area contributed by atoms with Crippen LogP contribution in [0.15, 0.2) is 23.3 Å². The molecule has 0 radical (unpaired) electrons. The lowest BCUT2D eigenvalue weighted by Gasteiger charge is -2.14. The van der Waals surface area contributed by atoms with Crippen LogP contribution in [0.5, 0.6) is 0 Å². The van der Waals surface area contributed by atoms with Gasteiger partial charge in [-0.2, -0.15) is 0 Å². The molecule has 76 valence electrons. The molecule has 3 atom stereocenters. The molecule has 14 heavy (non-hydrogen) atoms. The maximum Gasteiger partial charge on any atom is 0.168 e. The van der Waals surface area contributed by atoms with Gasteiger partial charge in [0.2, 0.25) is 0 Å². The van der Waals surface area contributed by atoms with E-state index < -0.39 is 6.10 Å². The predicted molar refractivity (Wildman–Crippen MR) is 55.2 cm³/mol. The normalized spacial score (nSPS) is 33.5. The Bertz CT molecular complexity index is 328. The van der Waals surface area contributed by atoms with Crippen molar-refractivity contribution in [2.24, 2.45) is 5.92 Å². The van der Waals surface area contributed by atoms with Gasteiger partial charge in [0.25, 0.3) is 0 Å². The molecule has 0 heterocycles. The largest absolute Gasteiger partial charge is 0.393 e. The SMILES string of the molecule is CC(O)C1CC2=C(C=CCC2Cl)C1=O. The van der Waals surface area contributed by atoms with Crippen molar-refractivity contribution in [2.45, 2.75) is 31.2 Å². The van der Waals surface area contributed by atoms with E-state index >= 15 is 0 Å². The van der Waals surface area contributed by atoms with Crippen molar-refractivity contribution in [3.63, 3.8) is 0 Å². The lowest BCUT2D eigenvalue weighted by molar-refractivity contribution is -0.120. The highest BCUT2D eigenvalue weighted by Gasteiger charge is 2.37. The minimum absolute atomic E-state index is 0.0524. The molecule has 2 aliphatic rings. The zero-order chi connectivity index (χ0) is 10.3. The molecule has 1 N–H and O–H groups in total. The summed E-state index contributed by atoms with van der Waals surface area (Å²) in [4.78, 5) is 11.8. The summed E-state index contributed by atoms with van der Waals surface area (Å²) in [5.74, 6) is -0.222. The Labute approximate surface area is 88.3 Å². The summed E-state index contributed by atoms with van der Waals surface area (Å²) in [6.45, 7) is 1.66. The Balaban J connectivity index is 2.29. The van der Waals surface area contributed by atoms with Crippen LogP contribution in [0.2, 0.25) is 0 Å². The summed E-state index contributed by atoms with van der Waals surface area (Å²) in [5.41, 5.74) is 1.76. The highest BCUT2D eigenvalue weighted by atomic mass is 35.5. The van der Waals surface area contributed by atoms with Gasteiger partial charge in [-0.25, -0.2) is 0 Å². The molecule has 0 aromatic carbocycles. The number of carbonyl (C=O) groups excluding carboxylic acids is 1. The van der Waals surface area contributed by atoms with Gasteiger partial charge in [0.1, 0.15) is 0 Å². The molecule has 0 aromatic heterocycles. The molecule has 0 aromatic rings. The van der Waals surface area contributed by atoms with Gasteiger partial charge in [0.15, 0.2) is 5.78 Å². The highest BCUT2D eigenvalue weighted by Crippen LogP contribution is 2.38. The Kier molecular flexibility index (Phi) is 2.50. The van der Waals surface area contributed by atoms with Crippen LogP contribution in [0, 0.1) is 5.92 Å². The van der Waals surface area contributed by atoms with Crippen molar-refractivity contribution in [1.82, 2.24) is 0 Å². The summed E-state index contributed by atoms with van der Waals surface area (Å²) in [6.07, 6.45) is 4.62. The van der Waals surface area contributed by atoms with Crippen LogP contribution >= 0.6 is 11.6 Å². The average Bonchev–Trinajstić information content (AvgIpc) is 2.46. The van der Waals surface area contributed by atoms with E-state index in [4.69, 9.17) is 11.6 Å². The van der Waals surface area contributed by atoms with Crippen LogP contribution in [-0.4, -0.2) is 22.4 Å². The molecule has 3 unspecified atom stereocenters. The van der Waals surface area contributed by atoms with Crippen LogP contribution in [-0.2, 0) is 4.79 Å². The molecular weight excluding hydrogens is 200 g/mol. The van der Waals surface area contributed by atoms with Crippen molar-refractivity contribution in [2.75, 3.05) is 0 Å². The van der Waals surface area contributed by atoms with E-state index in [1.165, 1.54) is 0 Å². The zero-order valence-corrected chi connectivity index (χ0v) is 8.79. The number of alkyl halides is 1. The first kappa shape index (κ1) is 9.94. The Morgan fingerprint density at radius 3 is 2.93 bits per heavy atom. The summed E-state index contributed by atoms with van der Waals surface area (Å²) in [7, 11) is 0. The number of aliphatic hydroxyl groups excluding tert-OH is 1. The second-order valence-corrected chi connectivity index (χ2v) is 4.49. The van der Waals surface area contributed by atoms with E-state index in [1.807, 2.05) is 12.2 Å². The Morgan fingerprint density at radius 2 is 2.36 bits per heavy atom. The second kappa shape index (κ2) is 3.52. The van der Waals surface area contributed by atoms with E-state index in [2.05, 4.69) is 0 Å². The maximum absolute atomic E-state index is 11.8. The van der Waals surface area contributed by atoms with E-state index in [1.54, 1.807) is 6.92 Å². The fourth-order valence-electron chi connectivity index (χ4n) is 2.12. The topological polar surface area (TPSA) is 37.3 Å².